The minimum absolute atomic E-state index is 0.0839. The van der Waals surface area contributed by atoms with Gasteiger partial charge in [0.05, 0.1) is 17.2 Å². The molecule has 24 heavy (non-hydrogen) atoms. The molecular formula is C19H25Cl2NO2. The molecule has 2 aromatic rings. The van der Waals surface area contributed by atoms with Crippen LogP contribution in [0, 0.1) is 0 Å². The van der Waals surface area contributed by atoms with Crippen LogP contribution in [0.2, 0.25) is 10.0 Å². The molecule has 0 aliphatic heterocycles. The number of nitrogens with two attached hydrogens (primary N) is 1. The molecule has 0 aliphatic rings. The number of ether oxygens (including phenoxy) is 2. The molecule has 5 heteroatoms. The number of benzene rings is 2. The Labute approximate surface area is 154 Å². The average Bonchev–Trinajstić information content (AvgIpc) is 2.51. The highest BCUT2D eigenvalue weighted by atomic mass is 35.5. The van der Waals surface area contributed by atoms with Crippen molar-refractivity contribution in [3.63, 3.8) is 0 Å². The summed E-state index contributed by atoms with van der Waals surface area (Å²) in [7, 11) is 1.65. The van der Waals surface area contributed by atoms with E-state index in [2.05, 4.69) is 20.8 Å². The smallest absolute Gasteiger partial charge is 0.164 e. The second kappa shape index (κ2) is 8.50. The van der Waals surface area contributed by atoms with Crippen molar-refractivity contribution in [2.24, 2.45) is 0 Å². The van der Waals surface area contributed by atoms with Crippen LogP contribution in [-0.2, 0) is 5.41 Å². The number of methoxy groups -OCH3 is 1. The first-order chi connectivity index (χ1) is 11.2. The Balaban J connectivity index is 0.00000139. The van der Waals surface area contributed by atoms with E-state index in [9.17, 15) is 0 Å². The first-order valence-electron chi connectivity index (χ1n) is 7.83. The summed E-state index contributed by atoms with van der Waals surface area (Å²) in [6, 6.07) is 8.84. The molecule has 2 aromatic carbocycles. The molecule has 0 bridgehead atoms. The SMILES string of the molecule is CC.COc1ccc(Oc2c(Cl)cc(N)cc2Cl)cc1C(C)(C)C. The summed E-state index contributed by atoms with van der Waals surface area (Å²) < 4.78 is 11.3. The highest BCUT2D eigenvalue weighted by Gasteiger charge is 2.20. The highest BCUT2D eigenvalue weighted by molar-refractivity contribution is 6.37. The molecule has 132 valence electrons. The van der Waals surface area contributed by atoms with Crippen molar-refractivity contribution in [1.82, 2.24) is 0 Å². The topological polar surface area (TPSA) is 44.5 Å². The minimum atomic E-state index is -0.0839. The molecule has 2 rings (SSSR count). The van der Waals surface area contributed by atoms with Crippen LogP contribution in [0.5, 0.6) is 17.2 Å². The lowest BCUT2D eigenvalue weighted by molar-refractivity contribution is 0.394. The molecule has 0 atom stereocenters. The summed E-state index contributed by atoms with van der Waals surface area (Å²) in [4.78, 5) is 0. The third-order valence-corrected chi connectivity index (χ3v) is 3.78. The lowest BCUT2D eigenvalue weighted by Gasteiger charge is -2.23. The zero-order valence-electron chi connectivity index (χ0n) is 15.0. The van der Waals surface area contributed by atoms with E-state index in [0.717, 1.165) is 11.3 Å². The van der Waals surface area contributed by atoms with E-state index < -0.39 is 0 Å². The second-order valence-electron chi connectivity index (χ2n) is 6.03. The molecule has 2 N–H and O–H groups in total. The van der Waals surface area contributed by atoms with Crippen LogP contribution in [0.15, 0.2) is 30.3 Å². The normalized spacial score (nSPS) is 10.7. The fourth-order valence-electron chi connectivity index (χ4n) is 2.13. The molecule has 0 fully saturated rings. The van der Waals surface area contributed by atoms with Gasteiger partial charge in [-0.05, 0) is 35.7 Å². The van der Waals surface area contributed by atoms with E-state index >= 15 is 0 Å². The van der Waals surface area contributed by atoms with E-state index in [4.69, 9.17) is 38.4 Å². The Morgan fingerprint density at radius 3 is 1.96 bits per heavy atom. The van der Waals surface area contributed by atoms with E-state index in [1.54, 1.807) is 19.2 Å². The van der Waals surface area contributed by atoms with Crippen molar-refractivity contribution >= 4 is 28.9 Å². The van der Waals surface area contributed by atoms with Gasteiger partial charge < -0.3 is 15.2 Å². The van der Waals surface area contributed by atoms with Gasteiger partial charge >= 0.3 is 0 Å². The first-order valence-corrected chi connectivity index (χ1v) is 8.59. The lowest BCUT2D eigenvalue weighted by Crippen LogP contribution is -2.12. The maximum Gasteiger partial charge on any atom is 0.164 e. The van der Waals surface area contributed by atoms with Crippen molar-refractivity contribution in [3.05, 3.63) is 45.9 Å². The van der Waals surface area contributed by atoms with Gasteiger partial charge in [-0.15, -0.1) is 0 Å². The molecule has 0 amide bonds. The van der Waals surface area contributed by atoms with Crippen LogP contribution in [0.3, 0.4) is 0 Å². The predicted octanol–water partition coefficient (Wildman–Crippen LogP) is 6.70. The third-order valence-electron chi connectivity index (χ3n) is 3.22. The van der Waals surface area contributed by atoms with Crippen LogP contribution < -0.4 is 15.2 Å². The van der Waals surface area contributed by atoms with Gasteiger partial charge in [-0.3, -0.25) is 0 Å². The number of rotatable bonds is 3. The molecule has 0 aromatic heterocycles. The second-order valence-corrected chi connectivity index (χ2v) is 6.84. The quantitative estimate of drug-likeness (QED) is 0.612. The first kappa shape index (κ1) is 20.5. The molecule has 0 unspecified atom stereocenters. The zero-order chi connectivity index (χ0) is 18.5. The molecule has 0 aliphatic carbocycles. The van der Waals surface area contributed by atoms with Crippen molar-refractivity contribution in [2.75, 3.05) is 12.8 Å². The Morgan fingerprint density at radius 2 is 1.50 bits per heavy atom. The summed E-state index contributed by atoms with van der Waals surface area (Å²) in [6.45, 7) is 10.3. The summed E-state index contributed by atoms with van der Waals surface area (Å²) in [5.74, 6) is 1.84. The Kier molecular flexibility index (Phi) is 7.25. The van der Waals surface area contributed by atoms with Gasteiger partial charge in [0.2, 0.25) is 0 Å². The van der Waals surface area contributed by atoms with Crippen molar-refractivity contribution in [2.45, 2.75) is 40.0 Å². The number of hydrogen-bond acceptors (Lipinski definition) is 3. The molecule has 0 heterocycles. The number of hydrogen-bond donors (Lipinski definition) is 1. The van der Waals surface area contributed by atoms with Gasteiger partial charge in [-0.1, -0.05) is 57.8 Å². The van der Waals surface area contributed by atoms with Gasteiger partial charge in [-0.25, -0.2) is 0 Å². The van der Waals surface area contributed by atoms with Gasteiger partial charge in [0.1, 0.15) is 11.5 Å². The molecule has 0 saturated carbocycles. The van der Waals surface area contributed by atoms with Crippen LogP contribution in [-0.4, -0.2) is 7.11 Å². The zero-order valence-corrected chi connectivity index (χ0v) is 16.5. The Bertz CT molecular complexity index is 671. The van der Waals surface area contributed by atoms with Gasteiger partial charge in [0.25, 0.3) is 0 Å². The maximum atomic E-state index is 6.16. The minimum Gasteiger partial charge on any atom is -0.496 e. The maximum absolute atomic E-state index is 6.16. The van der Waals surface area contributed by atoms with Gasteiger partial charge in [0.15, 0.2) is 5.75 Å². The molecule has 0 radical (unpaired) electrons. The van der Waals surface area contributed by atoms with Crippen LogP contribution in [0.4, 0.5) is 5.69 Å². The van der Waals surface area contributed by atoms with Crippen molar-refractivity contribution in [1.29, 1.82) is 0 Å². The third kappa shape index (κ3) is 4.96. The van der Waals surface area contributed by atoms with E-state index in [1.165, 1.54) is 0 Å². The highest BCUT2D eigenvalue weighted by Crippen LogP contribution is 2.40. The van der Waals surface area contributed by atoms with Crippen molar-refractivity contribution < 1.29 is 9.47 Å². The van der Waals surface area contributed by atoms with Crippen LogP contribution in [0.1, 0.15) is 40.2 Å². The standard InChI is InChI=1S/C17H19Cl2NO2.C2H6/c1-17(2,3)12-9-11(5-6-15(12)21-4)22-16-13(18)7-10(20)8-14(16)19;1-2/h5-9H,20H2,1-4H3;1-2H3. The van der Waals surface area contributed by atoms with E-state index in [1.807, 2.05) is 32.0 Å². The largest absolute Gasteiger partial charge is 0.496 e. The lowest BCUT2D eigenvalue weighted by atomic mass is 9.86. The monoisotopic (exact) mass is 369 g/mol. The molecule has 3 nitrogen and oxygen atoms in total. The molecular weight excluding hydrogens is 345 g/mol. The molecule has 0 spiro atoms. The predicted molar refractivity (Wildman–Crippen MR) is 104 cm³/mol. The van der Waals surface area contributed by atoms with Gasteiger partial charge in [-0.2, -0.15) is 0 Å². The number of halogens is 2. The summed E-state index contributed by atoms with van der Waals surface area (Å²) in [5.41, 5.74) is 7.15. The fraction of sp³-hybridized carbons (Fsp3) is 0.368. The number of nitrogen functional groups attached to an aromatic ring is 1. The van der Waals surface area contributed by atoms with Crippen LogP contribution >= 0.6 is 23.2 Å². The van der Waals surface area contributed by atoms with Crippen LogP contribution in [0.25, 0.3) is 0 Å². The number of anilines is 1. The van der Waals surface area contributed by atoms with E-state index in [0.29, 0.717) is 27.2 Å². The summed E-state index contributed by atoms with van der Waals surface area (Å²) >= 11 is 12.3. The Hall–Kier alpha value is -1.58. The van der Waals surface area contributed by atoms with E-state index in [-0.39, 0.29) is 5.41 Å². The fourth-order valence-corrected chi connectivity index (χ4v) is 2.71. The molecule has 0 saturated heterocycles. The summed E-state index contributed by atoms with van der Waals surface area (Å²) in [6.07, 6.45) is 0. The average molecular weight is 370 g/mol. The van der Waals surface area contributed by atoms with Gasteiger partial charge in [0, 0.05) is 11.3 Å². The Morgan fingerprint density at radius 1 is 0.958 bits per heavy atom. The van der Waals surface area contributed by atoms with Crippen molar-refractivity contribution in [3.8, 4) is 17.2 Å². The summed E-state index contributed by atoms with van der Waals surface area (Å²) in [5, 5.41) is 0.747.